The molecule has 0 fully saturated rings. The van der Waals surface area contributed by atoms with Gasteiger partial charge in [0.2, 0.25) is 11.8 Å². The Labute approximate surface area is 185 Å². The molecule has 0 aliphatic rings. The summed E-state index contributed by atoms with van der Waals surface area (Å²) in [6.07, 6.45) is 1.84. The Morgan fingerprint density at radius 2 is 1.55 bits per heavy atom. The number of aryl methyl sites for hydroxylation is 4. The summed E-state index contributed by atoms with van der Waals surface area (Å²) in [6, 6.07) is 7.97. The number of aromatic hydroxyl groups is 1. The van der Waals surface area contributed by atoms with Crippen molar-refractivity contribution in [3.63, 3.8) is 0 Å². The van der Waals surface area contributed by atoms with Crippen LogP contribution in [-0.2, 0) is 22.4 Å². The zero-order valence-electron chi connectivity index (χ0n) is 19.2. The fraction of sp³-hybridized carbons (Fsp3) is 0.440. The SMILES string of the molecule is Cc1cccc(C)c1CCCN(C(=O)[C@@H](N)Cc1c(C)cc(O)cc1C)[C@H](C)C(N)=O. The molecule has 6 heteroatoms. The second-order valence-electron chi connectivity index (χ2n) is 8.45. The summed E-state index contributed by atoms with van der Waals surface area (Å²) in [5.74, 6) is -0.654. The number of primary amides is 1. The van der Waals surface area contributed by atoms with Gasteiger partial charge < -0.3 is 21.5 Å². The van der Waals surface area contributed by atoms with Gasteiger partial charge in [-0.3, -0.25) is 9.59 Å². The standard InChI is InChI=1S/C25H35N3O3/c1-15-8-6-9-16(2)21(15)10-7-11-28(19(5)24(27)30)25(31)23(26)14-22-17(3)12-20(29)13-18(22)4/h6,8-9,12-13,19,23,29H,7,10-11,14,26H2,1-5H3,(H2,27,30)/t19-,23+/m1/s1. The molecule has 0 aliphatic heterocycles. The topological polar surface area (TPSA) is 110 Å². The van der Waals surface area contributed by atoms with Gasteiger partial charge in [0, 0.05) is 6.54 Å². The average Bonchev–Trinajstić information content (AvgIpc) is 2.68. The van der Waals surface area contributed by atoms with Gasteiger partial charge in [-0.05, 0) is 99.4 Å². The van der Waals surface area contributed by atoms with E-state index in [1.165, 1.54) is 21.6 Å². The molecule has 0 aliphatic carbocycles. The highest BCUT2D eigenvalue weighted by Crippen LogP contribution is 2.22. The third-order valence-electron chi connectivity index (χ3n) is 6.05. The van der Waals surface area contributed by atoms with E-state index < -0.39 is 18.0 Å². The number of rotatable bonds is 9. The van der Waals surface area contributed by atoms with E-state index in [1.54, 1.807) is 19.1 Å². The van der Waals surface area contributed by atoms with E-state index in [0.29, 0.717) is 19.4 Å². The van der Waals surface area contributed by atoms with Crippen molar-refractivity contribution < 1.29 is 14.7 Å². The smallest absolute Gasteiger partial charge is 0.240 e. The predicted octanol–water partition coefficient (Wildman–Crippen LogP) is 2.83. The lowest BCUT2D eigenvalue weighted by Gasteiger charge is -2.30. The van der Waals surface area contributed by atoms with Crippen molar-refractivity contribution in [3.8, 4) is 5.75 Å². The first kappa shape index (κ1) is 24.4. The van der Waals surface area contributed by atoms with Gasteiger partial charge in [-0.25, -0.2) is 0 Å². The lowest BCUT2D eigenvalue weighted by Crippen LogP contribution is -2.53. The number of nitrogens with zero attached hydrogens (tertiary/aromatic N) is 1. The molecular formula is C25H35N3O3. The Kier molecular flexibility index (Phi) is 8.22. The number of carbonyl (C=O) groups excluding carboxylic acids is 2. The summed E-state index contributed by atoms with van der Waals surface area (Å²) in [4.78, 5) is 26.6. The van der Waals surface area contributed by atoms with Gasteiger partial charge in [-0.2, -0.15) is 0 Å². The minimum absolute atomic E-state index is 0.189. The number of carbonyl (C=O) groups is 2. The number of hydrogen-bond acceptors (Lipinski definition) is 4. The van der Waals surface area contributed by atoms with Crippen LogP contribution in [0.2, 0.25) is 0 Å². The molecular weight excluding hydrogens is 390 g/mol. The largest absolute Gasteiger partial charge is 0.508 e. The highest BCUT2D eigenvalue weighted by molar-refractivity contribution is 5.89. The van der Waals surface area contributed by atoms with E-state index in [2.05, 4.69) is 26.0 Å². The van der Waals surface area contributed by atoms with Gasteiger partial charge in [0.15, 0.2) is 0 Å². The Morgan fingerprint density at radius 1 is 1.00 bits per heavy atom. The molecule has 2 aromatic carbocycles. The van der Waals surface area contributed by atoms with Crippen LogP contribution >= 0.6 is 0 Å². The van der Waals surface area contributed by atoms with Gasteiger partial charge in [-0.15, -0.1) is 0 Å². The summed E-state index contributed by atoms with van der Waals surface area (Å²) in [5.41, 5.74) is 18.2. The molecule has 0 saturated heterocycles. The first-order valence-electron chi connectivity index (χ1n) is 10.7. The summed E-state index contributed by atoms with van der Waals surface area (Å²) < 4.78 is 0. The molecule has 0 spiro atoms. The van der Waals surface area contributed by atoms with Crippen molar-refractivity contribution >= 4 is 11.8 Å². The number of hydrogen-bond donors (Lipinski definition) is 3. The zero-order valence-corrected chi connectivity index (χ0v) is 19.2. The third-order valence-corrected chi connectivity index (χ3v) is 6.05. The van der Waals surface area contributed by atoms with Gasteiger partial charge in [0.25, 0.3) is 0 Å². The van der Waals surface area contributed by atoms with Gasteiger partial charge >= 0.3 is 0 Å². The average molecular weight is 426 g/mol. The van der Waals surface area contributed by atoms with E-state index in [-0.39, 0.29) is 11.7 Å². The molecule has 0 bridgehead atoms. The highest BCUT2D eigenvalue weighted by atomic mass is 16.3. The second kappa shape index (κ2) is 10.4. The molecule has 2 rings (SSSR count). The molecule has 0 unspecified atom stereocenters. The molecule has 2 amide bonds. The molecule has 0 saturated carbocycles. The number of amides is 2. The normalized spacial score (nSPS) is 13.0. The van der Waals surface area contributed by atoms with Crippen molar-refractivity contribution in [1.82, 2.24) is 4.90 Å². The quantitative estimate of drug-likeness (QED) is 0.574. The monoisotopic (exact) mass is 425 g/mol. The zero-order chi connectivity index (χ0) is 23.3. The number of phenols is 1. The van der Waals surface area contributed by atoms with Crippen LogP contribution in [0.5, 0.6) is 5.75 Å². The molecule has 0 radical (unpaired) electrons. The lowest BCUT2D eigenvalue weighted by atomic mass is 9.95. The maximum atomic E-state index is 13.2. The molecule has 0 aromatic heterocycles. The molecule has 2 atom stereocenters. The van der Waals surface area contributed by atoms with Crippen LogP contribution in [0, 0.1) is 27.7 Å². The second-order valence-corrected chi connectivity index (χ2v) is 8.45. The minimum atomic E-state index is -0.802. The summed E-state index contributed by atoms with van der Waals surface area (Å²) >= 11 is 0. The van der Waals surface area contributed by atoms with Crippen molar-refractivity contribution in [3.05, 3.63) is 63.7 Å². The van der Waals surface area contributed by atoms with Crippen molar-refractivity contribution in [2.24, 2.45) is 11.5 Å². The van der Waals surface area contributed by atoms with E-state index in [0.717, 1.165) is 23.1 Å². The van der Waals surface area contributed by atoms with E-state index in [9.17, 15) is 14.7 Å². The Morgan fingerprint density at radius 3 is 2.06 bits per heavy atom. The predicted molar refractivity (Wildman–Crippen MR) is 124 cm³/mol. The van der Waals surface area contributed by atoms with Crippen molar-refractivity contribution in [2.75, 3.05) is 6.54 Å². The van der Waals surface area contributed by atoms with E-state index in [1.807, 2.05) is 19.9 Å². The molecule has 2 aromatic rings. The van der Waals surface area contributed by atoms with Crippen LogP contribution in [0.15, 0.2) is 30.3 Å². The molecule has 5 N–H and O–H groups in total. The summed E-state index contributed by atoms with van der Waals surface area (Å²) in [7, 11) is 0. The number of phenolic OH excluding ortho intramolecular Hbond substituents is 1. The van der Waals surface area contributed by atoms with E-state index in [4.69, 9.17) is 11.5 Å². The van der Waals surface area contributed by atoms with Gasteiger partial charge in [0.1, 0.15) is 11.8 Å². The Balaban J connectivity index is 2.15. The fourth-order valence-electron chi connectivity index (χ4n) is 4.13. The number of benzene rings is 2. The molecule has 6 nitrogen and oxygen atoms in total. The van der Waals surface area contributed by atoms with Crippen LogP contribution in [0.4, 0.5) is 0 Å². The Bertz CT molecular complexity index is 912. The minimum Gasteiger partial charge on any atom is -0.508 e. The van der Waals surface area contributed by atoms with Crippen molar-refractivity contribution in [2.45, 2.75) is 66.0 Å². The lowest BCUT2D eigenvalue weighted by molar-refractivity contribution is -0.139. The third kappa shape index (κ3) is 6.07. The van der Waals surface area contributed by atoms with Crippen LogP contribution < -0.4 is 11.5 Å². The maximum Gasteiger partial charge on any atom is 0.240 e. The van der Waals surface area contributed by atoms with Crippen LogP contribution in [0.25, 0.3) is 0 Å². The van der Waals surface area contributed by atoms with Gasteiger partial charge in [-0.1, -0.05) is 18.2 Å². The summed E-state index contributed by atoms with van der Waals surface area (Å²) in [5, 5.41) is 9.76. The Hall–Kier alpha value is -2.86. The van der Waals surface area contributed by atoms with Crippen LogP contribution in [0.3, 0.4) is 0 Å². The maximum absolute atomic E-state index is 13.2. The molecule has 31 heavy (non-hydrogen) atoms. The fourth-order valence-corrected chi connectivity index (χ4v) is 4.13. The van der Waals surface area contributed by atoms with E-state index >= 15 is 0 Å². The van der Waals surface area contributed by atoms with Crippen molar-refractivity contribution in [1.29, 1.82) is 0 Å². The summed E-state index contributed by atoms with van der Waals surface area (Å²) in [6.45, 7) is 9.97. The first-order chi connectivity index (χ1) is 14.5. The number of nitrogens with two attached hydrogens (primary N) is 2. The first-order valence-corrected chi connectivity index (χ1v) is 10.7. The molecule has 168 valence electrons. The van der Waals surface area contributed by atoms with Crippen LogP contribution in [-0.4, -0.2) is 40.4 Å². The van der Waals surface area contributed by atoms with Gasteiger partial charge in [0.05, 0.1) is 6.04 Å². The highest BCUT2D eigenvalue weighted by Gasteiger charge is 2.28. The molecule has 0 heterocycles. The van der Waals surface area contributed by atoms with Crippen LogP contribution in [0.1, 0.15) is 46.7 Å².